The van der Waals surface area contributed by atoms with Crippen LogP contribution in [-0.4, -0.2) is 50.6 Å². The van der Waals surface area contributed by atoms with E-state index >= 15 is 0 Å². The van der Waals surface area contributed by atoms with Crippen molar-refractivity contribution in [1.82, 2.24) is 30.2 Å². The number of nitrogens with zero attached hydrogens (tertiary/aromatic N) is 6. The van der Waals surface area contributed by atoms with Gasteiger partial charge in [0, 0.05) is 42.8 Å². The summed E-state index contributed by atoms with van der Waals surface area (Å²) in [6.45, 7) is 7.79. The molecule has 6 rings (SSSR count). The van der Waals surface area contributed by atoms with Crippen LogP contribution in [0.15, 0.2) is 59.3 Å². The summed E-state index contributed by atoms with van der Waals surface area (Å²) >= 11 is 0. The van der Waals surface area contributed by atoms with Gasteiger partial charge in [-0.2, -0.15) is 5.10 Å². The lowest BCUT2D eigenvalue weighted by Gasteiger charge is -2.37. The highest BCUT2D eigenvalue weighted by atomic mass is 16.5. The molecule has 0 aliphatic carbocycles. The van der Waals surface area contributed by atoms with E-state index in [0.717, 1.165) is 44.8 Å². The van der Waals surface area contributed by atoms with Gasteiger partial charge in [-0.3, -0.25) is 9.48 Å². The second-order valence-electron chi connectivity index (χ2n) is 10.1. The van der Waals surface area contributed by atoms with Gasteiger partial charge in [0.1, 0.15) is 11.6 Å². The molecule has 1 unspecified atom stereocenters. The van der Waals surface area contributed by atoms with Crippen molar-refractivity contribution >= 4 is 22.6 Å². The molecule has 10 heteroatoms. The Kier molecular flexibility index (Phi) is 6.77. The molecule has 5 aromatic rings. The lowest BCUT2D eigenvalue weighted by atomic mass is 10.0. The van der Waals surface area contributed by atoms with Crippen LogP contribution in [0.5, 0.6) is 0 Å². The van der Waals surface area contributed by atoms with Gasteiger partial charge in [-0.05, 0) is 44.0 Å². The highest BCUT2D eigenvalue weighted by Crippen LogP contribution is 2.36. The van der Waals surface area contributed by atoms with Crippen LogP contribution in [0, 0.1) is 20.8 Å². The Balaban J connectivity index is 1.45. The standard InChI is InChI=1S/C30H31N7O3/c1-18-23(16-36(4)34-18)15-31-30(38)28-32-25-11-10-22(27-19(2)35-40-20(27)3)14-24(25)29(33-28)37-12-13-39-17-26(37)21-8-6-5-7-9-21/h5-11,14,16,26H,12-13,15,17H2,1-4H3,(H,31,38). The molecule has 1 amide bonds. The van der Waals surface area contributed by atoms with Crippen molar-refractivity contribution in [1.29, 1.82) is 0 Å². The summed E-state index contributed by atoms with van der Waals surface area (Å²) < 4.78 is 13.1. The maximum absolute atomic E-state index is 13.4. The molecule has 0 saturated carbocycles. The molecule has 0 spiro atoms. The van der Waals surface area contributed by atoms with E-state index in [9.17, 15) is 4.79 Å². The minimum absolute atomic E-state index is 0.0651. The van der Waals surface area contributed by atoms with Crippen LogP contribution < -0.4 is 10.2 Å². The molecule has 1 aliphatic heterocycles. The smallest absolute Gasteiger partial charge is 0.289 e. The zero-order valence-electron chi connectivity index (χ0n) is 23.0. The Morgan fingerprint density at radius 3 is 2.62 bits per heavy atom. The van der Waals surface area contributed by atoms with Crippen LogP contribution in [0.25, 0.3) is 22.0 Å². The Hall–Kier alpha value is -4.57. The van der Waals surface area contributed by atoms with Crippen LogP contribution in [0.2, 0.25) is 0 Å². The Bertz CT molecular complexity index is 1670. The van der Waals surface area contributed by atoms with E-state index in [0.29, 0.717) is 37.6 Å². The van der Waals surface area contributed by atoms with E-state index in [-0.39, 0.29) is 17.8 Å². The van der Waals surface area contributed by atoms with Gasteiger partial charge in [0.2, 0.25) is 5.82 Å². The van der Waals surface area contributed by atoms with Crippen molar-refractivity contribution in [3.63, 3.8) is 0 Å². The molecule has 2 aromatic carbocycles. The number of rotatable bonds is 6. The molecule has 204 valence electrons. The normalized spacial score (nSPS) is 15.5. The summed E-state index contributed by atoms with van der Waals surface area (Å²) in [5.41, 5.74) is 6.34. The summed E-state index contributed by atoms with van der Waals surface area (Å²) in [5, 5.41) is 12.3. The van der Waals surface area contributed by atoms with Gasteiger partial charge >= 0.3 is 0 Å². The van der Waals surface area contributed by atoms with Crippen LogP contribution in [0.1, 0.15) is 44.9 Å². The van der Waals surface area contributed by atoms with Crippen molar-refractivity contribution in [3.8, 4) is 11.1 Å². The van der Waals surface area contributed by atoms with Crippen LogP contribution >= 0.6 is 0 Å². The highest BCUT2D eigenvalue weighted by molar-refractivity contribution is 5.98. The van der Waals surface area contributed by atoms with Crippen molar-refractivity contribution in [2.45, 2.75) is 33.4 Å². The van der Waals surface area contributed by atoms with E-state index in [4.69, 9.17) is 19.2 Å². The quantitative estimate of drug-likeness (QED) is 0.338. The minimum Gasteiger partial charge on any atom is -0.377 e. The molecule has 40 heavy (non-hydrogen) atoms. The summed E-state index contributed by atoms with van der Waals surface area (Å²) in [4.78, 5) is 25.2. The average Bonchev–Trinajstić information content (AvgIpc) is 3.49. The molecule has 3 aromatic heterocycles. The number of carbonyl (C=O) groups is 1. The first-order valence-electron chi connectivity index (χ1n) is 13.3. The summed E-state index contributed by atoms with van der Waals surface area (Å²) in [6.07, 6.45) is 1.90. The first kappa shape index (κ1) is 25.7. The first-order chi connectivity index (χ1) is 19.4. The number of ether oxygens (including phenoxy) is 1. The number of benzene rings is 2. The molecular formula is C30H31N7O3. The molecule has 1 aliphatic rings. The molecule has 1 fully saturated rings. The van der Waals surface area contributed by atoms with Gasteiger partial charge < -0.3 is 19.5 Å². The lowest BCUT2D eigenvalue weighted by Crippen LogP contribution is -2.40. The fraction of sp³-hybridized carbons (Fsp3) is 0.300. The van der Waals surface area contributed by atoms with Crippen LogP contribution in [0.3, 0.4) is 0 Å². The SMILES string of the molecule is Cc1nn(C)cc1CNC(=O)c1nc(N2CCOCC2c2ccccc2)c2cc(-c3c(C)noc3C)ccc2n1. The highest BCUT2D eigenvalue weighted by Gasteiger charge is 2.29. The van der Waals surface area contributed by atoms with Gasteiger partial charge in [0.25, 0.3) is 5.91 Å². The van der Waals surface area contributed by atoms with Crippen LogP contribution in [-0.2, 0) is 18.3 Å². The molecule has 0 radical (unpaired) electrons. The zero-order chi connectivity index (χ0) is 27.8. The minimum atomic E-state index is -0.342. The average molecular weight is 538 g/mol. The topological polar surface area (TPSA) is 111 Å². The van der Waals surface area contributed by atoms with Crippen molar-refractivity contribution < 1.29 is 14.1 Å². The zero-order valence-corrected chi connectivity index (χ0v) is 23.0. The predicted molar refractivity (Wildman–Crippen MR) is 151 cm³/mol. The second kappa shape index (κ2) is 10.5. The number of hydrogen-bond acceptors (Lipinski definition) is 8. The second-order valence-corrected chi connectivity index (χ2v) is 10.1. The monoisotopic (exact) mass is 537 g/mol. The Labute approximate surface area is 232 Å². The van der Waals surface area contributed by atoms with Gasteiger partial charge in [-0.15, -0.1) is 0 Å². The van der Waals surface area contributed by atoms with Crippen LogP contribution in [0.4, 0.5) is 5.82 Å². The molecule has 4 heterocycles. The number of amides is 1. The largest absolute Gasteiger partial charge is 0.377 e. The number of morpholine rings is 1. The first-order valence-corrected chi connectivity index (χ1v) is 13.3. The van der Waals surface area contributed by atoms with Crippen molar-refractivity contribution in [2.24, 2.45) is 7.05 Å². The van der Waals surface area contributed by atoms with Crippen molar-refractivity contribution in [3.05, 3.63) is 88.8 Å². The fourth-order valence-corrected chi connectivity index (χ4v) is 5.37. The van der Waals surface area contributed by atoms with E-state index in [1.165, 1.54) is 0 Å². The summed E-state index contributed by atoms with van der Waals surface area (Å²) in [6, 6.07) is 16.1. The molecule has 10 nitrogen and oxygen atoms in total. The molecule has 1 saturated heterocycles. The van der Waals surface area contributed by atoms with Gasteiger partial charge in [-0.25, -0.2) is 9.97 Å². The number of anilines is 1. The van der Waals surface area contributed by atoms with E-state index < -0.39 is 0 Å². The third-order valence-corrected chi connectivity index (χ3v) is 7.34. The third-order valence-electron chi connectivity index (χ3n) is 7.34. The summed E-state index contributed by atoms with van der Waals surface area (Å²) in [7, 11) is 1.86. The predicted octanol–water partition coefficient (Wildman–Crippen LogP) is 4.45. The van der Waals surface area contributed by atoms with E-state index in [1.807, 2.05) is 64.3 Å². The summed E-state index contributed by atoms with van der Waals surface area (Å²) in [5.74, 6) is 1.21. The molecule has 0 bridgehead atoms. The van der Waals surface area contributed by atoms with Gasteiger partial charge in [0.15, 0.2) is 0 Å². The van der Waals surface area contributed by atoms with E-state index in [1.54, 1.807) is 4.68 Å². The van der Waals surface area contributed by atoms with E-state index in [2.05, 4.69) is 38.7 Å². The maximum Gasteiger partial charge on any atom is 0.289 e. The lowest BCUT2D eigenvalue weighted by molar-refractivity contribution is 0.0930. The van der Waals surface area contributed by atoms with Gasteiger partial charge in [-0.1, -0.05) is 41.6 Å². The van der Waals surface area contributed by atoms with Gasteiger partial charge in [0.05, 0.1) is 36.2 Å². The van der Waals surface area contributed by atoms with Crippen molar-refractivity contribution in [2.75, 3.05) is 24.7 Å². The Morgan fingerprint density at radius 1 is 1.07 bits per heavy atom. The number of carbonyl (C=O) groups excluding carboxylic acids is 1. The molecule has 1 N–H and O–H groups in total. The molecular weight excluding hydrogens is 506 g/mol. The number of aryl methyl sites for hydroxylation is 4. The maximum atomic E-state index is 13.4. The number of nitrogens with one attached hydrogen (secondary N) is 1. The molecule has 1 atom stereocenters. The Morgan fingerprint density at radius 2 is 1.90 bits per heavy atom. The number of fused-ring (bicyclic) bond motifs is 1. The number of aromatic nitrogens is 5. The fourth-order valence-electron chi connectivity index (χ4n) is 5.37. The number of hydrogen-bond donors (Lipinski definition) is 1. The third kappa shape index (κ3) is 4.82.